The summed E-state index contributed by atoms with van der Waals surface area (Å²) in [6.07, 6.45) is 2.41. The van der Waals surface area contributed by atoms with Crippen LogP contribution in [-0.2, 0) is 14.3 Å². The Balaban J connectivity index is 1.61. The lowest BCUT2D eigenvalue weighted by Crippen LogP contribution is -2.47. The highest BCUT2D eigenvalue weighted by atomic mass is 16.5. The number of carboxylic acid groups (broad SMARTS) is 1. The lowest BCUT2D eigenvalue weighted by atomic mass is 9.98. The van der Waals surface area contributed by atoms with E-state index in [1.165, 1.54) is 0 Å². The summed E-state index contributed by atoms with van der Waals surface area (Å²) in [5, 5.41) is 14.9. The summed E-state index contributed by atoms with van der Waals surface area (Å²) in [5.41, 5.74) is 4.58. The highest BCUT2D eigenvalue weighted by molar-refractivity contribution is 5.84. The molecule has 0 fully saturated rings. The molecule has 188 valence electrons. The third-order valence-corrected chi connectivity index (χ3v) is 6.80. The first-order valence-corrected chi connectivity index (χ1v) is 12.5. The van der Waals surface area contributed by atoms with Gasteiger partial charge in [0.05, 0.1) is 0 Å². The maximum Gasteiger partial charge on any atom is 0.407 e. The van der Waals surface area contributed by atoms with Gasteiger partial charge in [0.15, 0.2) is 0 Å². The first kappa shape index (κ1) is 26.3. The van der Waals surface area contributed by atoms with Crippen LogP contribution in [0.3, 0.4) is 0 Å². The SMILES string of the molecule is CCCC[C@H](CC(=O)N[C@H](C(=O)O)[C@@H](C)CC)NC(=O)OCC1c2ccccc2-c2ccccc21. The van der Waals surface area contributed by atoms with E-state index in [9.17, 15) is 19.5 Å². The van der Waals surface area contributed by atoms with Gasteiger partial charge in [-0.1, -0.05) is 88.6 Å². The standard InChI is InChI=1S/C28H36N2O5/c1-4-6-11-19(16-25(31)30-26(27(32)33)18(3)5-2)29-28(34)35-17-24-22-14-9-7-12-20(22)21-13-8-10-15-23(21)24/h7-10,12-15,18-19,24,26H,4-6,11,16-17H2,1-3H3,(H,29,34)(H,30,31)(H,32,33)/t18-,19+,26-/m0/s1. The van der Waals surface area contributed by atoms with Gasteiger partial charge < -0.3 is 20.5 Å². The second-order valence-electron chi connectivity index (χ2n) is 9.28. The maximum atomic E-state index is 12.7. The van der Waals surface area contributed by atoms with Crippen molar-refractivity contribution in [3.63, 3.8) is 0 Å². The Morgan fingerprint density at radius 3 is 2.11 bits per heavy atom. The summed E-state index contributed by atoms with van der Waals surface area (Å²) in [7, 11) is 0. The van der Waals surface area contributed by atoms with Crippen molar-refractivity contribution in [1.29, 1.82) is 0 Å². The van der Waals surface area contributed by atoms with Gasteiger partial charge >= 0.3 is 12.1 Å². The average Bonchev–Trinajstić information content (AvgIpc) is 3.17. The number of aliphatic carboxylic acids is 1. The largest absolute Gasteiger partial charge is 0.480 e. The molecule has 0 saturated heterocycles. The number of benzene rings is 2. The van der Waals surface area contributed by atoms with E-state index in [1.54, 1.807) is 6.92 Å². The van der Waals surface area contributed by atoms with E-state index >= 15 is 0 Å². The molecule has 0 aromatic heterocycles. The molecule has 1 aliphatic rings. The van der Waals surface area contributed by atoms with Gasteiger partial charge in [0.1, 0.15) is 12.6 Å². The summed E-state index contributed by atoms with van der Waals surface area (Å²) in [5.74, 6) is -1.68. The molecule has 2 aromatic carbocycles. The van der Waals surface area contributed by atoms with Crippen LogP contribution in [0.4, 0.5) is 4.79 Å². The number of carboxylic acids is 1. The van der Waals surface area contributed by atoms with Crippen molar-refractivity contribution in [3.8, 4) is 11.1 Å². The molecule has 3 N–H and O–H groups in total. The van der Waals surface area contributed by atoms with E-state index in [-0.39, 0.29) is 24.9 Å². The minimum Gasteiger partial charge on any atom is -0.480 e. The summed E-state index contributed by atoms with van der Waals surface area (Å²) < 4.78 is 5.63. The van der Waals surface area contributed by atoms with Gasteiger partial charge in [-0.3, -0.25) is 4.79 Å². The van der Waals surface area contributed by atoms with Crippen LogP contribution in [0, 0.1) is 5.92 Å². The third-order valence-electron chi connectivity index (χ3n) is 6.80. The quantitative estimate of drug-likeness (QED) is 0.392. The molecule has 0 aliphatic heterocycles. The number of unbranched alkanes of at least 4 members (excludes halogenated alkanes) is 1. The summed E-state index contributed by atoms with van der Waals surface area (Å²) in [6, 6.07) is 14.9. The molecule has 7 heteroatoms. The van der Waals surface area contributed by atoms with Crippen molar-refractivity contribution in [1.82, 2.24) is 10.6 Å². The Bertz CT molecular complexity index is 992. The number of fused-ring (bicyclic) bond motifs is 3. The smallest absolute Gasteiger partial charge is 0.407 e. The Labute approximate surface area is 207 Å². The van der Waals surface area contributed by atoms with E-state index < -0.39 is 30.1 Å². The second-order valence-corrected chi connectivity index (χ2v) is 9.28. The van der Waals surface area contributed by atoms with Gasteiger partial charge in [-0.05, 0) is 34.6 Å². The number of carbonyl (C=O) groups is 3. The van der Waals surface area contributed by atoms with Crippen LogP contribution in [0.1, 0.15) is 69.9 Å². The Kier molecular flexibility index (Phi) is 9.29. The topological polar surface area (TPSA) is 105 Å². The maximum absolute atomic E-state index is 12.7. The number of hydrogen-bond donors (Lipinski definition) is 3. The fourth-order valence-electron chi connectivity index (χ4n) is 4.62. The van der Waals surface area contributed by atoms with Crippen LogP contribution >= 0.6 is 0 Å². The first-order valence-electron chi connectivity index (χ1n) is 12.5. The molecule has 0 bridgehead atoms. The van der Waals surface area contributed by atoms with Crippen molar-refractivity contribution in [2.24, 2.45) is 5.92 Å². The van der Waals surface area contributed by atoms with Crippen molar-refractivity contribution in [2.75, 3.05) is 6.61 Å². The number of hydrogen-bond acceptors (Lipinski definition) is 4. The van der Waals surface area contributed by atoms with Crippen LogP contribution in [0.25, 0.3) is 11.1 Å². The molecule has 2 amide bonds. The Hall–Kier alpha value is -3.35. The summed E-state index contributed by atoms with van der Waals surface area (Å²) in [4.78, 5) is 36.9. The van der Waals surface area contributed by atoms with Crippen molar-refractivity contribution in [2.45, 2.75) is 70.9 Å². The number of rotatable bonds is 12. The molecule has 0 saturated carbocycles. The second kappa shape index (κ2) is 12.4. The fraction of sp³-hybridized carbons (Fsp3) is 0.464. The molecule has 0 spiro atoms. The lowest BCUT2D eigenvalue weighted by molar-refractivity contribution is -0.143. The molecule has 3 rings (SSSR count). The van der Waals surface area contributed by atoms with E-state index in [4.69, 9.17) is 4.74 Å². The molecule has 3 atom stereocenters. The number of alkyl carbamates (subject to hydrolysis) is 1. The van der Waals surface area contributed by atoms with Crippen LogP contribution in [0.2, 0.25) is 0 Å². The molecule has 0 heterocycles. The molecular formula is C28H36N2O5. The molecule has 0 unspecified atom stereocenters. The predicted octanol–water partition coefficient (Wildman–Crippen LogP) is 5.09. The number of amides is 2. The zero-order valence-corrected chi connectivity index (χ0v) is 20.8. The van der Waals surface area contributed by atoms with Crippen LogP contribution in [0.5, 0.6) is 0 Å². The van der Waals surface area contributed by atoms with Gasteiger partial charge in [0.25, 0.3) is 0 Å². The van der Waals surface area contributed by atoms with Crippen molar-refractivity contribution < 1.29 is 24.2 Å². The monoisotopic (exact) mass is 480 g/mol. The van der Waals surface area contributed by atoms with Crippen molar-refractivity contribution >= 4 is 18.0 Å². The summed E-state index contributed by atoms with van der Waals surface area (Å²) in [6.45, 7) is 5.91. The minimum atomic E-state index is -1.05. The van der Waals surface area contributed by atoms with Gasteiger partial charge in [-0.15, -0.1) is 0 Å². The van der Waals surface area contributed by atoms with Crippen molar-refractivity contribution in [3.05, 3.63) is 59.7 Å². The highest BCUT2D eigenvalue weighted by Gasteiger charge is 2.30. The van der Waals surface area contributed by atoms with E-state index in [0.29, 0.717) is 12.8 Å². The van der Waals surface area contributed by atoms with E-state index in [0.717, 1.165) is 35.1 Å². The number of nitrogens with one attached hydrogen (secondary N) is 2. The molecule has 0 radical (unpaired) electrons. The van der Waals surface area contributed by atoms with Crippen LogP contribution < -0.4 is 10.6 Å². The molecular weight excluding hydrogens is 444 g/mol. The normalized spacial score (nSPS) is 14.8. The van der Waals surface area contributed by atoms with Crippen LogP contribution in [-0.4, -0.2) is 41.8 Å². The van der Waals surface area contributed by atoms with Crippen LogP contribution in [0.15, 0.2) is 48.5 Å². The average molecular weight is 481 g/mol. The van der Waals surface area contributed by atoms with E-state index in [1.807, 2.05) is 38.1 Å². The Morgan fingerprint density at radius 2 is 1.57 bits per heavy atom. The lowest BCUT2D eigenvalue weighted by Gasteiger charge is -2.23. The Morgan fingerprint density at radius 1 is 0.971 bits per heavy atom. The zero-order valence-electron chi connectivity index (χ0n) is 20.8. The summed E-state index contributed by atoms with van der Waals surface area (Å²) >= 11 is 0. The first-order chi connectivity index (χ1) is 16.8. The highest BCUT2D eigenvalue weighted by Crippen LogP contribution is 2.44. The molecule has 2 aromatic rings. The number of ether oxygens (including phenoxy) is 1. The van der Waals surface area contributed by atoms with Gasteiger partial charge in [-0.2, -0.15) is 0 Å². The van der Waals surface area contributed by atoms with E-state index in [2.05, 4.69) is 34.9 Å². The van der Waals surface area contributed by atoms with Gasteiger partial charge in [0.2, 0.25) is 5.91 Å². The van der Waals surface area contributed by atoms with Gasteiger partial charge in [0, 0.05) is 18.4 Å². The predicted molar refractivity (Wildman–Crippen MR) is 135 cm³/mol. The van der Waals surface area contributed by atoms with Gasteiger partial charge in [-0.25, -0.2) is 9.59 Å². The zero-order chi connectivity index (χ0) is 25.4. The fourth-order valence-corrected chi connectivity index (χ4v) is 4.62. The molecule has 35 heavy (non-hydrogen) atoms. The molecule has 7 nitrogen and oxygen atoms in total. The third kappa shape index (κ3) is 6.62. The molecule has 1 aliphatic carbocycles. The number of carbonyl (C=O) groups excluding carboxylic acids is 2. The minimum absolute atomic E-state index is 0.00437.